The number of carbonyl (C=O) groups is 2. The summed E-state index contributed by atoms with van der Waals surface area (Å²) >= 11 is 0. The fourth-order valence-corrected chi connectivity index (χ4v) is 1.42. The van der Waals surface area contributed by atoms with Gasteiger partial charge in [-0.15, -0.1) is 0 Å². The van der Waals surface area contributed by atoms with E-state index in [0.717, 1.165) is 25.7 Å². The zero-order chi connectivity index (χ0) is 15.6. The lowest BCUT2D eigenvalue weighted by Gasteiger charge is -2.26. The van der Waals surface area contributed by atoms with Gasteiger partial charge in [-0.2, -0.15) is 0 Å². The molecule has 0 aromatic carbocycles. The minimum absolute atomic E-state index is 0.0879. The molecule has 0 aromatic rings. The summed E-state index contributed by atoms with van der Waals surface area (Å²) in [4.78, 5) is 23.0. The quantitative estimate of drug-likeness (QED) is 0.477. The molecule has 0 bridgehead atoms. The summed E-state index contributed by atoms with van der Waals surface area (Å²) < 4.78 is 10.3. The third kappa shape index (κ3) is 9.82. The van der Waals surface area contributed by atoms with Crippen molar-refractivity contribution in [2.45, 2.75) is 79.2 Å². The predicted octanol–water partition coefficient (Wildman–Crippen LogP) is 3.87. The second-order valence-corrected chi connectivity index (χ2v) is 6.28. The number of carbonyl (C=O) groups excluding carboxylic acids is 2. The summed E-state index contributed by atoms with van der Waals surface area (Å²) in [5.74, 6) is -0.655. The molecule has 0 saturated carbocycles. The van der Waals surface area contributed by atoms with Crippen LogP contribution in [0.25, 0.3) is 0 Å². The average Bonchev–Trinajstić information content (AvgIpc) is 2.35. The Hall–Kier alpha value is -1.06. The molecular weight excluding hydrogens is 256 g/mol. The van der Waals surface area contributed by atoms with Crippen LogP contribution in [0.4, 0.5) is 0 Å². The van der Waals surface area contributed by atoms with E-state index in [0.29, 0.717) is 6.61 Å². The van der Waals surface area contributed by atoms with Crippen LogP contribution in [0, 0.1) is 5.41 Å². The van der Waals surface area contributed by atoms with Gasteiger partial charge in [-0.25, -0.2) is 0 Å². The maximum Gasteiger partial charge on any atom is 0.306 e. The van der Waals surface area contributed by atoms with Crippen LogP contribution < -0.4 is 0 Å². The Kier molecular flexibility index (Phi) is 9.26. The van der Waals surface area contributed by atoms with Crippen LogP contribution in [-0.4, -0.2) is 24.6 Å². The lowest BCUT2D eigenvalue weighted by Crippen LogP contribution is -2.28. The standard InChI is InChI=1S/C16H30O4/c1-6-7-8-9-12-19-14(17)10-11-15(18)20-13(2)16(3,4)5/h13H,6-12H2,1-5H3. The highest BCUT2D eigenvalue weighted by Gasteiger charge is 2.23. The maximum atomic E-state index is 11.6. The molecule has 1 atom stereocenters. The van der Waals surface area contributed by atoms with Crippen molar-refractivity contribution in [1.29, 1.82) is 0 Å². The van der Waals surface area contributed by atoms with Crippen molar-refractivity contribution < 1.29 is 19.1 Å². The van der Waals surface area contributed by atoms with Gasteiger partial charge in [0.1, 0.15) is 6.10 Å². The molecule has 0 radical (unpaired) electrons. The van der Waals surface area contributed by atoms with Crippen LogP contribution in [0.3, 0.4) is 0 Å². The van der Waals surface area contributed by atoms with Gasteiger partial charge in [0, 0.05) is 0 Å². The highest BCUT2D eigenvalue weighted by atomic mass is 16.5. The van der Waals surface area contributed by atoms with Crippen LogP contribution in [-0.2, 0) is 19.1 Å². The highest BCUT2D eigenvalue weighted by molar-refractivity contribution is 5.77. The molecule has 118 valence electrons. The summed E-state index contributed by atoms with van der Waals surface area (Å²) in [5, 5.41) is 0. The van der Waals surface area contributed by atoms with Crippen molar-refractivity contribution in [2.24, 2.45) is 5.41 Å². The molecule has 0 spiro atoms. The van der Waals surface area contributed by atoms with Gasteiger partial charge in [0.15, 0.2) is 0 Å². The van der Waals surface area contributed by atoms with Crippen LogP contribution in [0.5, 0.6) is 0 Å². The normalized spacial score (nSPS) is 12.8. The summed E-state index contributed by atoms with van der Waals surface area (Å²) in [7, 11) is 0. The molecule has 0 N–H and O–H groups in total. The molecule has 20 heavy (non-hydrogen) atoms. The van der Waals surface area contributed by atoms with Crippen LogP contribution in [0.2, 0.25) is 0 Å². The van der Waals surface area contributed by atoms with E-state index >= 15 is 0 Å². The van der Waals surface area contributed by atoms with Crippen molar-refractivity contribution in [1.82, 2.24) is 0 Å². The summed E-state index contributed by atoms with van der Waals surface area (Å²) in [6, 6.07) is 0. The Morgan fingerprint density at radius 1 is 1.00 bits per heavy atom. The fraction of sp³-hybridized carbons (Fsp3) is 0.875. The van der Waals surface area contributed by atoms with Crippen molar-refractivity contribution >= 4 is 11.9 Å². The van der Waals surface area contributed by atoms with E-state index in [2.05, 4.69) is 6.92 Å². The average molecular weight is 286 g/mol. The van der Waals surface area contributed by atoms with E-state index in [1.807, 2.05) is 27.7 Å². The fourth-order valence-electron chi connectivity index (χ4n) is 1.42. The minimum atomic E-state index is -0.338. The molecule has 0 saturated heterocycles. The SMILES string of the molecule is CCCCCCOC(=O)CCC(=O)OC(C)C(C)(C)C. The van der Waals surface area contributed by atoms with E-state index in [1.165, 1.54) is 0 Å². The molecule has 0 aliphatic carbocycles. The molecule has 0 fully saturated rings. The van der Waals surface area contributed by atoms with Crippen molar-refractivity contribution in [2.75, 3.05) is 6.61 Å². The van der Waals surface area contributed by atoms with E-state index < -0.39 is 0 Å². The van der Waals surface area contributed by atoms with E-state index in [-0.39, 0.29) is 36.3 Å². The summed E-state index contributed by atoms with van der Waals surface area (Å²) in [6.07, 6.45) is 4.32. The van der Waals surface area contributed by atoms with Gasteiger partial charge in [0.05, 0.1) is 19.4 Å². The van der Waals surface area contributed by atoms with Crippen LogP contribution in [0.15, 0.2) is 0 Å². The number of unbranched alkanes of at least 4 members (excludes halogenated alkanes) is 3. The molecule has 4 heteroatoms. The molecule has 0 heterocycles. The Bertz CT molecular complexity index is 291. The van der Waals surface area contributed by atoms with Crippen LogP contribution >= 0.6 is 0 Å². The lowest BCUT2D eigenvalue weighted by atomic mass is 9.90. The number of hydrogen-bond donors (Lipinski definition) is 0. The van der Waals surface area contributed by atoms with Gasteiger partial charge < -0.3 is 9.47 Å². The first kappa shape index (κ1) is 18.9. The number of ether oxygens (including phenoxy) is 2. The lowest BCUT2D eigenvalue weighted by molar-refractivity contribution is -0.156. The van der Waals surface area contributed by atoms with Crippen molar-refractivity contribution in [3.8, 4) is 0 Å². The number of hydrogen-bond acceptors (Lipinski definition) is 4. The van der Waals surface area contributed by atoms with Gasteiger partial charge in [-0.3, -0.25) is 9.59 Å². The Labute approximate surface area is 123 Å². The Morgan fingerprint density at radius 3 is 2.15 bits per heavy atom. The topological polar surface area (TPSA) is 52.6 Å². The first-order valence-corrected chi connectivity index (χ1v) is 7.62. The summed E-state index contributed by atoms with van der Waals surface area (Å²) in [6.45, 7) is 10.5. The Balaban J connectivity index is 3.71. The van der Waals surface area contributed by atoms with Gasteiger partial charge >= 0.3 is 11.9 Å². The first-order chi connectivity index (χ1) is 9.27. The molecular formula is C16H30O4. The zero-order valence-corrected chi connectivity index (χ0v) is 13.7. The molecule has 4 nitrogen and oxygen atoms in total. The van der Waals surface area contributed by atoms with Crippen LogP contribution in [0.1, 0.15) is 73.1 Å². The van der Waals surface area contributed by atoms with Gasteiger partial charge in [-0.1, -0.05) is 47.0 Å². The largest absolute Gasteiger partial charge is 0.466 e. The van der Waals surface area contributed by atoms with E-state index in [9.17, 15) is 9.59 Å². The molecule has 0 aromatic heterocycles. The maximum absolute atomic E-state index is 11.6. The summed E-state index contributed by atoms with van der Waals surface area (Å²) in [5.41, 5.74) is -0.0879. The Morgan fingerprint density at radius 2 is 1.60 bits per heavy atom. The monoisotopic (exact) mass is 286 g/mol. The second-order valence-electron chi connectivity index (χ2n) is 6.28. The predicted molar refractivity (Wildman–Crippen MR) is 79.3 cm³/mol. The van der Waals surface area contributed by atoms with Crippen molar-refractivity contribution in [3.63, 3.8) is 0 Å². The number of rotatable bonds is 9. The number of esters is 2. The van der Waals surface area contributed by atoms with E-state index in [4.69, 9.17) is 9.47 Å². The zero-order valence-electron chi connectivity index (χ0n) is 13.7. The highest BCUT2D eigenvalue weighted by Crippen LogP contribution is 2.22. The van der Waals surface area contributed by atoms with Gasteiger partial charge in [-0.05, 0) is 18.8 Å². The molecule has 0 amide bonds. The molecule has 0 rings (SSSR count). The smallest absolute Gasteiger partial charge is 0.306 e. The molecule has 0 aliphatic rings. The minimum Gasteiger partial charge on any atom is -0.466 e. The van der Waals surface area contributed by atoms with E-state index in [1.54, 1.807) is 0 Å². The van der Waals surface area contributed by atoms with Gasteiger partial charge in [0.2, 0.25) is 0 Å². The first-order valence-electron chi connectivity index (χ1n) is 7.62. The van der Waals surface area contributed by atoms with Crippen molar-refractivity contribution in [3.05, 3.63) is 0 Å². The molecule has 0 aliphatic heterocycles. The van der Waals surface area contributed by atoms with Gasteiger partial charge in [0.25, 0.3) is 0 Å². The third-order valence-electron chi connectivity index (χ3n) is 3.32. The third-order valence-corrected chi connectivity index (χ3v) is 3.32. The molecule has 1 unspecified atom stereocenters. The second kappa shape index (κ2) is 9.78.